The third-order valence-corrected chi connectivity index (χ3v) is 4.60. The molecular formula is C14H14BrNO2S. The van der Waals surface area contributed by atoms with E-state index in [-0.39, 0.29) is 0 Å². The molecule has 0 amide bonds. The van der Waals surface area contributed by atoms with Gasteiger partial charge in [-0.15, -0.1) is 11.3 Å². The van der Waals surface area contributed by atoms with Gasteiger partial charge in [0, 0.05) is 15.9 Å². The van der Waals surface area contributed by atoms with E-state index in [1.165, 1.54) is 0 Å². The van der Waals surface area contributed by atoms with E-state index in [0.29, 0.717) is 6.54 Å². The molecule has 0 aliphatic rings. The van der Waals surface area contributed by atoms with Crippen molar-refractivity contribution in [1.29, 1.82) is 0 Å². The third kappa shape index (κ3) is 3.05. The molecule has 0 bridgehead atoms. The van der Waals surface area contributed by atoms with Crippen LogP contribution in [0.3, 0.4) is 0 Å². The molecule has 0 aliphatic carbocycles. The topological polar surface area (TPSA) is 49.3 Å². The molecule has 2 N–H and O–H groups in total. The van der Waals surface area contributed by atoms with Gasteiger partial charge in [-0.3, -0.25) is 5.32 Å². The Kier molecular flexibility index (Phi) is 4.39. The van der Waals surface area contributed by atoms with Crippen LogP contribution >= 0.6 is 27.3 Å². The maximum absolute atomic E-state index is 11.7. The number of benzene rings is 1. The smallest absolute Gasteiger partial charge is 0.328 e. The van der Waals surface area contributed by atoms with Gasteiger partial charge in [0.1, 0.15) is 5.54 Å². The normalized spacial score (nSPS) is 14.0. The minimum Gasteiger partial charge on any atom is -0.480 e. The number of nitrogens with one attached hydrogen (secondary N) is 1. The van der Waals surface area contributed by atoms with E-state index in [1.54, 1.807) is 18.3 Å². The molecule has 0 spiro atoms. The van der Waals surface area contributed by atoms with E-state index < -0.39 is 11.5 Å². The molecular weight excluding hydrogens is 326 g/mol. The van der Waals surface area contributed by atoms with Crippen LogP contribution < -0.4 is 5.32 Å². The van der Waals surface area contributed by atoms with Gasteiger partial charge in [-0.1, -0.05) is 40.2 Å². The summed E-state index contributed by atoms with van der Waals surface area (Å²) < 4.78 is 0.790. The maximum atomic E-state index is 11.7. The summed E-state index contributed by atoms with van der Waals surface area (Å²) in [6, 6.07) is 11.3. The van der Waals surface area contributed by atoms with Crippen molar-refractivity contribution in [2.24, 2.45) is 0 Å². The average Bonchev–Trinajstić information content (AvgIpc) is 2.89. The fourth-order valence-electron chi connectivity index (χ4n) is 1.83. The first kappa shape index (κ1) is 14.2. The van der Waals surface area contributed by atoms with Crippen molar-refractivity contribution in [3.8, 4) is 0 Å². The van der Waals surface area contributed by atoms with Crippen LogP contribution in [0.15, 0.2) is 46.3 Å². The van der Waals surface area contributed by atoms with E-state index in [9.17, 15) is 9.90 Å². The van der Waals surface area contributed by atoms with Gasteiger partial charge >= 0.3 is 5.97 Å². The number of thiophene rings is 1. The molecule has 2 rings (SSSR count). The summed E-state index contributed by atoms with van der Waals surface area (Å²) in [5, 5.41) is 14.7. The van der Waals surface area contributed by atoms with Gasteiger partial charge in [-0.2, -0.15) is 0 Å². The van der Waals surface area contributed by atoms with Gasteiger partial charge in [0.15, 0.2) is 0 Å². The van der Waals surface area contributed by atoms with Crippen LogP contribution in [-0.4, -0.2) is 11.1 Å². The Morgan fingerprint density at radius 2 is 2.11 bits per heavy atom. The molecule has 0 aliphatic heterocycles. The summed E-state index contributed by atoms with van der Waals surface area (Å²) in [6.45, 7) is 2.21. The predicted octanol–water partition coefficient (Wildman–Crippen LogP) is 3.60. The van der Waals surface area contributed by atoms with E-state index in [1.807, 2.05) is 41.8 Å². The summed E-state index contributed by atoms with van der Waals surface area (Å²) in [6.07, 6.45) is 0. The van der Waals surface area contributed by atoms with Crippen LogP contribution in [0.25, 0.3) is 0 Å². The maximum Gasteiger partial charge on any atom is 0.328 e. The predicted molar refractivity (Wildman–Crippen MR) is 80.3 cm³/mol. The highest BCUT2D eigenvalue weighted by Crippen LogP contribution is 2.29. The number of carbonyl (C=O) groups is 1. The van der Waals surface area contributed by atoms with Crippen LogP contribution in [0, 0.1) is 0 Å². The number of hydrogen-bond donors (Lipinski definition) is 2. The first-order valence-corrected chi connectivity index (χ1v) is 7.47. The van der Waals surface area contributed by atoms with Gasteiger partial charge in [0.2, 0.25) is 0 Å². The first-order valence-electron chi connectivity index (χ1n) is 5.80. The van der Waals surface area contributed by atoms with Crippen LogP contribution in [0.1, 0.15) is 17.4 Å². The van der Waals surface area contributed by atoms with Crippen molar-refractivity contribution in [1.82, 2.24) is 5.32 Å². The average molecular weight is 340 g/mol. The summed E-state index contributed by atoms with van der Waals surface area (Å²) in [5.74, 6) is -0.893. The van der Waals surface area contributed by atoms with Crippen molar-refractivity contribution >= 4 is 33.2 Å². The Hall–Kier alpha value is -1.17. The fourth-order valence-corrected chi connectivity index (χ4v) is 3.16. The van der Waals surface area contributed by atoms with Crippen LogP contribution in [0.2, 0.25) is 0 Å². The zero-order valence-corrected chi connectivity index (χ0v) is 12.8. The van der Waals surface area contributed by atoms with E-state index >= 15 is 0 Å². The molecule has 1 atom stereocenters. The lowest BCUT2D eigenvalue weighted by molar-refractivity contribution is -0.144. The molecule has 1 heterocycles. The monoisotopic (exact) mass is 339 g/mol. The largest absolute Gasteiger partial charge is 0.480 e. The van der Waals surface area contributed by atoms with Crippen molar-refractivity contribution < 1.29 is 9.90 Å². The van der Waals surface area contributed by atoms with Crippen LogP contribution in [-0.2, 0) is 16.9 Å². The molecule has 1 unspecified atom stereocenters. The van der Waals surface area contributed by atoms with Gasteiger partial charge < -0.3 is 5.11 Å². The summed E-state index contributed by atoms with van der Waals surface area (Å²) in [7, 11) is 0. The lowest BCUT2D eigenvalue weighted by Crippen LogP contribution is -2.46. The number of carboxylic acids is 1. The zero-order chi connectivity index (χ0) is 13.9. The van der Waals surface area contributed by atoms with E-state index in [0.717, 1.165) is 14.9 Å². The zero-order valence-electron chi connectivity index (χ0n) is 10.4. The summed E-state index contributed by atoms with van der Waals surface area (Å²) in [4.78, 5) is 12.8. The van der Waals surface area contributed by atoms with Crippen molar-refractivity contribution in [3.05, 3.63) is 56.7 Å². The van der Waals surface area contributed by atoms with Crippen molar-refractivity contribution in [2.75, 3.05) is 0 Å². The Morgan fingerprint density at radius 3 is 2.68 bits per heavy atom. The number of aliphatic carboxylic acids is 1. The fraction of sp³-hybridized carbons (Fsp3) is 0.214. The standard InChI is InChI=1S/C14H14BrNO2S/c1-14(13(17)18,11-6-2-3-7-12(11)15)16-9-10-5-4-8-19-10/h2-8,16H,9H2,1H3,(H,17,18). The second-order valence-corrected chi connectivity index (χ2v) is 6.23. The highest BCUT2D eigenvalue weighted by molar-refractivity contribution is 9.10. The third-order valence-electron chi connectivity index (χ3n) is 3.04. The van der Waals surface area contributed by atoms with Gasteiger partial charge in [-0.05, 0) is 30.0 Å². The minimum absolute atomic E-state index is 0.530. The number of rotatable bonds is 5. The molecule has 1 aromatic carbocycles. The molecule has 0 fully saturated rings. The van der Waals surface area contributed by atoms with Gasteiger partial charge in [-0.25, -0.2) is 4.79 Å². The van der Waals surface area contributed by atoms with E-state index in [4.69, 9.17) is 0 Å². The quantitative estimate of drug-likeness (QED) is 0.874. The molecule has 1 aromatic heterocycles. The SMILES string of the molecule is CC(NCc1cccs1)(C(=O)O)c1ccccc1Br. The van der Waals surface area contributed by atoms with Crippen molar-refractivity contribution in [3.63, 3.8) is 0 Å². The summed E-state index contributed by atoms with van der Waals surface area (Å²) in [5.41, 5.74) is -0.400. The lowest BCUT2D eigenvalue weighted by Gasteiger charge is -2.27. The molecule has 5 heteroatoms. The number of hydrogen-bond acceptors (Lipinski definition) is 3. The Balaban J connectivity index is 2.28. The van der Waals surface area contributed by atoms with Gasteiger partial charge in [0.05, 0.1) is 0 Å². The van der Waals surface area contributed by atoms with Gasteiger partial charge in [0.25, 0.3) is 0 Å². The highest BCUT2D eigenvalue weighted by atomic mass is 79.9. The minimum atomic E-state index is -1.12. The molecule has 3 nitrogen and oxygen atoms in total. The second-order valence-electron chi connectivity index (χ2n) is 4.34. The Labute approximate surface area is 124 Å². The molecule has 19 heavy (non-hydrogen) atoms. The number of carboxylic acid groups (broad SMARTS) is 1. The van der Waals surface area contributed by atoms with Crippen molar-refractivity contribution in [2.45, 2.75) is 19.0 Å². The number of halogens is 1. The lowest BCUT2D eigenvalue weighted by atomic mass is 9.92. The van der Waals surface area contributed by atoms with E-state index in [2.05, 4.69) is 21.2 Å². The molecule has 100 valence electrons. The molecule has 2 aromatic rings. The van der Waals surface area contributed by atoms with Crippen LogP contribution in [0.4, 0.5) is 0 Å². The summed E-state index contributed by atoms with van der Waals surface area (Å²) >= 11 is 5.03. The Morgan fingerprint density at radius 1 is 1.37 bits per heavy atom. The molecule has 0 saturated carbocycles. The highest BCUT2D eigenvalue weighted by Gasteiger charge is 2.36. The molecule has 0 saturated heterocycles. The second kappa shape index (κ2) is 5.86. The van der Waals surface area contributed by atoms with Crippen LogP contribution in [0.5, 0.6) is 0 Å². The first-order chi connectivity index (χ1) is 9.04. The molecule has 0 radical (unpaired) electrons. The Bertz CT molecular complexity index is 571.